The van der Waals surface area contributed by atoms with E-state index >= 15 is 0 Å². The number of benzene rings is 1. The van der Waals surface area contributed by atoms with Gasteiger partial charge in [-0.05, 0) is 49.8 Å². The molecule has 0 amide bonds. The van der Waals surface area contributed by atoms with Crippen molar-refractivity contribution >= 4 is 21.8 Å². The van der Waals surface area contributed by atoms with Gasteiger partial charge in [-0.1, -0.05) is 18.6 Å². The highest BCUT2D eigenvalue weighted by Gasteiger charge is 2.20. The van der Waals surface area contributed by atoms with E-state index in [1.54, 1.807) is 6.07 Å². The topological polar surface area (TPSA) is 58.2 Å². The molecule has 0 saturated carbocycles. The van der Waals surface area contributed by atoms with Crippen LogP contribution in [-0.4, -0.2) is 33.0 Å². The van der Waals surface area contributed by atoms with Crippen molar-refractivity contribution in [2.24, 2.45) is 0 Å². The molecule has 6 heteroatoms. The van der Waals surface area contributed by atoms with Gasteiger partial charge in [-0.15, -0.1) is 0 Å². The molecular weight excluding hydrogens is 304 g/mol. The van der Waals surface area contributed by atoms with E-state index in [2.05, 4.69) is 10.0 Å². The second kappa shape index (κ2) is 7.63. The number of nitrogens with one attached hydrogen (secondary N) is 2. The molecule has 1 aromatic rings. The van der Waals surface area contributed by atoms with Gasteiger partial charge in [0.1, 0.15) is 0 Å². The molecule has 21 heavy (non-hydrogen) atoms. The Morgan fingerprint density at radius 2 is 2.14 bits per heavy atom. The molecule has 0 bridgehead atoms. The lowest BCUT2D eigenvalue weighted by Crippen LogP contribution is -2.32. The van der Waals surface area contributed by atoms with E-state index in [-0.39, 0.29) is 0 Å². The fraction of sp³-hybridized carbons (Fsp3) is 0.600. The monoisotopic (exact) mass is 328 g/mol. The van der Waals surface area contributed by atoms with Crippen molar-refractivity contribution in [2.45, 2.75) is 42.9 Å². The van der Waals surface area contributed by atoms with Crippen LogP contribution in [0.3, 0.4) is 0 Å². The Kier molecular flexibility index (Phi) is 6.10. The second-order valence-corrected chi connectivity index (χ2v) is 8.61. The first kappa shape index (κ1) is 16.8. The van der Waals surface area contributed by atoms with Crippen LogP contribution in [0.5, 0.6) is 0 Å². The number of hydrogen-bond donors (Lipinski definition) is 2. The van der Waals surface area contributed by atoms with Gasteiger partial charge in [0, 0.05) is 18.3 Å². The van der Waals surface area contributed by atoms with Crippen LogP contribution >= 0.6 is 11.8 Å². The maximum Gasteiger partial charge on any atom is 0.240 e. The molecular formula is C15H24N2O2S2. The van der Waals surface area contributed by atoms with Crippen LogP contribution in [0.25, 0.3) is 0 Å². The van der Waals surface area contributed by atoms with Gasteiger partial charge in [0.2, 0.25) is 10.0 Å². The van der Waals surface area contributed by atoms with Crippen LogP contribution in [0, 0.1) is 6.92 Å². The van der Waals surface area contributed by atoms with E-state index < -0.39 is 10.0 Å². The summed E-state index contributed by atoms with van der Waals surface area (Å²) in [7, 11) is -1.57. The SMILES string of the molecule is CNCc1ccc(C)c(S(=O)(=O)NCC2CCCCS2)c1. The zero-order valence-corrected chi connectivity index (χ0v) is 14.3. The number of sulfonamides is 1. The van der Waals surface area contributed by atoms with Gasteiger partial charge >= 0.3 is 0 Å². The van der Waals surface area contributed by atoms with Crippen molar-refractivity contribution < 1.29 is 8.42 Å². The zero-order valence-electron chi connectivity index (χ0n) is 12.7. The molecule has 1 aliphatic heterocycles. The minimum atomic E-state index is -3.42. The molecule has 1 fully saturated rings. The quantitative estimate of drug-likeness (QED) is 0.841. The summed E-state index contributed by atoms with van der Waals surface area (Å²) in [5.74, 6) is 1.14. The van der Waals surface area contributed by atoms with Gasteiger partial charge in [0.15, 0.2) is 0 Å². The highest BCUT2D eigenvalue weighted by Crippen LogP contribution is 2.25. The Morgan fingerprint density at radius 3 is 2.81 bits per heavy atom. The fourth-order valence-corrected chi connectivity index (χ4v) is 5.22. The summed E-state index contributed by atoms with van der Waals surface area (Å²) in [6.45, 7) is 3.04. The number of rotatable bonds is 6. The van der Waals surface area contributed by atoms with Crippen molar-refractivity contribution in [1.29, 1.82) is 0 Å². The molecule has 1 heterocycles. The standard InChI is InChI=1S/C15H24N2O2S2/c1-12-6-7-13(10-16-2)9-15(12)21(18,19)17-11-14-5-3-4-8-20-14/h6-7,9,14,16-17H,3-5,8,10-11H2,1-2H3. The lowest BCUT2D eigenvalue weighted by atomic mass is 10.1. The van der Waals surface area contributed by atoms with Crippen LogP contribution in [0.15, 0.2) is 23.1 Å². The Hall–Kier alpha value is -0.560. The van der Waals surface area contributed by atoms with Gasteiger partial charge < -0.3 is 5.32 Å². The molecule has 0 spiro atoms. The number of thioether (sulfide) groups is 1. The summed E-state index contributed by atoms with van der Waals surface area (Å²) in [6, 6.07) is 5.60. The average molecular weight is 329 g/mol. The minimum absolute atomic E-state index is 0.399. The maximum absolute atomic E-state index is 12.5. The van der Waals surface area contributed by atoms with Gasteiger partial charge in [-0.25, -0.2) is 13.1 Å². The molecule has 4 nitrogen and oxygen atoms in total. The van der Waals surface area contributed by atoms with E-state index in [1.165, 1.54) is 12.8 Å². The Balaban J connectivity index is 2.08. The summed E-state index contributed by atoms with van der Waals surface area (Å²) < 4.78 is 27.8. The van der Waals surface area contributed by atoms with E-state index in [1.807, 2.05) is 37.9 Å². The van der Waals surface area contributed by atoms with Crippen LogP contribution < -0.4 is 10.0 Å². The second-order valence-electron chi connectivity index (χ2n) is 5.47. The molecule has 118 valence electrons. The Morgan fingerprint density at radius 1 is 1.33 bits per heavy atom. The first-order valence-corrected chi connectivity index (χ1v) is 9.91. The molecule has 0 aromatic heterocycles. The predicted octanol–water partition coefficient (Wildman–Crippen LogP) is 2.28. The van der Waals surface area contributed by atoms with Crippen LogP contribution in [0.4, 0.5) is 0 Å². The number of aryl methyl sites for hydroxylation is 1. The highest BCUT2D eigenvalue weighted by molar-refractivity contribution is 8.00. The summed E-state index contributed by atoms with van der Waals surface area (Å²) in [5.41, 5.74) is 1.77. The molecule has 1 aromatic carbocycles. The Labute approximate surface area is 132 Å². The molecule has 1 saturated heterocycles. The lowest BCUT2D eigenvalue weighted by molar-refractivity contribution is 0.573. The molecule has 2 N–H and O–H groups in total. The van der Waals surface area contributed by atoms with E-state index in [9.17, 15) is 8.42 Å². The Bertz CT molecular complexity index is 567. The van der Waals surface area contributed by atoms with Crippen molar-refractivity contribution in [3.8, 4) is 0 Å². The van der Waals surface area contributed by atoms with Crippen molar-refractivity contribution in [3.05, 3.63) is 29.3 Å². The summed E-state index contributed by atoms with van der Waals surface area (Å²) in [5, 5.41) is 3.46. The first-order chi connectivity index (χ1) is 10.0. The lowest BCUT2D eigenvalue weighted by Gasteiger charge is -2.21. The zero-order chi connectivity index (χ0) is 15.3. The van der Waals surface area contributed by atoms with Gasteiger partial charge in [0.25, 0.3) is 0 Å². The van der Waals surface area contributed by atoms with Crippen LogP contribution in [0.1, 0.15) is 30.4 Å². The summed E-state index contributed by atoms with van der Waals surface area (Å²) in [4.78, 5) is 0.399. The molecule has 2 rings (SSSR count). The van der Waals surface area contributed by atoms with E-state index in [0.29, 0.717) is 23.2 Å². The van der Waals surface area contributed by atoms with Crippen molar-refractivity contribution in [1.82, 2.24) is 10.0 Å². The van der Waals surface area contributed by atoms with Crippen molar-refractivity contribution in [3.63, 3.8) is 0 Å². The molecule has 1 aliphatic rings. The third kappa shape index (κ3) is 4.71. The van der Waals surface area contributed by atoms with Crippen LogP contribution in [0.2, 0.25) is 0 Å². The molecule has 0 radical (unpaired) electrons. The third-order valence-corrected chi connectivity index (χ3v) is 6.66. The molecule has 1 unspecified atom stereocenters. The van der Waals surface area contributed by atoms with Crippen LogP contribution in [-0.2, 0) is 16.6 Å². The summed E-state index contributed by atoms with van der Waals surface area (Å²) in [6.07, 6.45) is 3.56. The normalized spacial score (nSPS) is 19.6. The average Bonchev–Trinajstić information content (AvgIpc) is 2.48. The van der Waals surface area contributed by atoms with Gasteiger partial charge in [-0.3, -0.25) is 0 Å². The summed E-state index contributed by atoms with van der Waals surface area (Å²) >= 11 is 1.88. The van der Waals surface area contributed by atoms with E-state index in [0.717, 1.165) is 23.3 Å². The third-order valence-electron chi connectivity index (χ3n) is 3.70. The highest BCUT2D eigenvalue weighted by atomic mass is 32.2. The van der Waals surface area contributed by atoms with Gasteiger partial charge in [-0.2, -0.15) is 11.8 Å². The van der Waals surface area contributed by atoms with Crippen molar-refractivity contribution in [2.75, 3.05) is 19.3 Å². The first-order valence-electron chi connectivity index (χ1n) is 7.38. The minimum Gasteiger partial charge on any atom is -0.316 e. The number of hydrogen-bond acceptors (Lipinski definition) is 4. The van der Waals surface area contributed by atoms with Gasteiger partial charge in [0.05, 0.1) is 4.90 Å². The predicted molar refractivity (Wildman–Crippen MR) is 89.2 cm³/mol. The maximum atomic E-state index is 12.5. The fourth-order valence-electron chi connectivity index (χ4n) is 2.50. The van der Waals surface area contributed by atoms with E-state index in [4.69, 9.17) is 0 Å². The molecule has 1 atom stereocenters. The largest absolute Gasteiger partial charge is 0.316 e. The smallest absolute Gasteiger partial charge is 0.240 e. The molecule has 0 aliphatic carbocycles.